The highest BCUT2D eigenvalue weighted by Gasteiger charge is 2.31. The molecule has 214 valence electrons. The molecule has 0 bridgehead atoms. The van der Waals surface area contributed by atoms with Crippen molar-refractivity contribution in [3.63, 3.8) is 0 Å². The molecule has 2 aromatic carbocycles. The van der Waals surface area contributed by atoms with Crippen LogP contribution in [0.25, 0.3) is 33.4 Å². The van der Waals surface area contributed by atoms with Gasteiger partial charge in [0.15, 0.2) is 17.1 Å². The molecule has 11 heteroatoms. The Balaban J connectivity index is 1.06. The van der Waals surface area contributed by atoms with Crippen LogP contribution in [0, 0.1) is 5.92 Å². The molecule has 5 heterocycles. The fourth-order valence-corrected chi connectivity index (χ4v) is 6.03. The molecule has 0 atom stereocenters. The van der Waals surface area contributed by atoms with E-state index in [1.54, 1.807) is 10.9 Å². The number of para-hydroxylation sites is 1. The maximum absolute atomic E-state index is 13.8. The number of carbonyl (C=O) groups is 1. The normalized spacial score (nSPS) is 15.7. The Morgan fingerprint density at radius 1 is 0.837 bits per heavy atom. The zero-order valence-corrected chi connectivity index (χ0v) is 23.4. The minimum Gasteiger partial charge on any atom is -0.368 e. The summed E-state index contributed by atoms with van der Waals surface area (Å²) in [4.78, 5) is 49.0. The number of hydrogen-bond donors (Lipinski definition) is 1. The van der Waals surface area contributed by atoms with E-state index < -0.39 is 0 Å². The van der Waals surface area contributed by atoms with Gasteiger partial charge in [-0.1, -0.05) is 24.6 Å². The van der Waals surface area contributed by atoms with Crippen molar-refractivity contribution in [3.8, 4) is 5.82 Å². The van der Waals surface area contributed by atoms with Gasteiger partial charge in [-0.3, -0.25) is 9.59 Å². The molecular weight excluding hydrogens is 542 g/mol. The maximum atomic E-state index is 13.8. The van der Waals surface area contributed by atoms with Gasteiger partial charge in [0.05, 0.1) is 5.52 Å². The van der Waals surface area contributed by atoms with E-state index in [1.165, 1.54) is 17.1 Å². The van der Waals surface area contributed by atoms with Crippen LogP contribution in [-0.4, -0.2) is 66.1 Å². The Hall–Kier alpha value is -5.32. The first-order valence-corrected chi connectivity index (χ1v) is 14.7. The highest BCUT2D eigenvalue weighted by atomic mass is 16.2. The topological polar surface area (TPSA) is 114 Å². The number of anilines is 3. The molecule has 1 saturated carbocycles. The highest BCUT2D eigenvalue weighted by Crippen LogP contribution is 2.29. The first-order chi connectivity index (χ1) is 21.1. The zero-order chi connectivity index (χ0) is 28.9. The van der Waals surface area contributed by atoms with E-state index in [9.17, 15) is 9.59 Å². The van der Waals surface area contributed by atoms with Crippen LogP contribution in [0.15, 0.2) is 83.9 Å². The summed E-state index contributed by atoms with van der Waals surface area (Å²) in [6.45, 7) is 3.18. The number of amides is 1. The molecule has 1 amide bonds. The Kier molecular flexibility index (Phi) is 6.02. The van der Waals surface area contributed by atoms with Crippen LogP contribution >= 0.6 is 0 Å². The van der Waals surface area contributed by atoms with Gasteiger partial charge in [-0.05, 0) is 61.4 Å². The number of pyridine rings is 1. The maximum Gasteiger partial charge on any atom is 0.284 e. The number of carbonyl (C=O) groups excluding carboxylic acids is 1. The number of benzene rings is 2. The van der Waals surface area contributed by atoms with Gasteiger partial charge < -0.3 is 15.1 Å². The standard InChI is InChI=1S/C32H29N9O2/c42-30(21-6-5-7-21)39-18-16-38(17-19-39)23-13-11-22(12-14-23)35-32-34-20-25-28(37-32)36-29-24-8-1-2-9-26(24)40(41(29)31(25)43)27-10-3-4-15-33-27/h1-4,8-15,20-21H,5-7,16-19H2,(H,34,35,37). The van der Waals surface area contributed by atoms with E-state index in [4.69, 9.17) is 4.98 Å². The number of piperazine rings is 1. The largest absolute Gasteiger partial charge is 0.368 e. The third-order valence-electron chi connectivity index (χ3n) is 8.58. The molecule has 1 aliphatic carbocycles. The van der Waals surface area contributed by atoms with Gasteiger partial charge in [0.2, 0.25) is 11.9 Å². The number of rotatable bonds is 5. The molecule has 0 radical (unpaired) electrons. The Morgan fingerprint density at radius 3 is 2.37 bits per heavy atom. The van der Waals surface area contributed by atoms with Crippen LogP contribution in [-0.2, 0) is 4.79 Å². The molecule has 0 unspecified atom stereocenters. The number of aromatic nitrogens is 6. The SMILES string of the molecule is O=C(C1CCC1)N1CCN(c2ccc(Nc3ncc4c(=O)n5c(nc4n3)c3ccccc3n5-c3ccccn3)cc2)CC1. The molecule has 43 heavy (non-hydrogen) atoms. The first kappa shape index (κ1) is 25.4. The number of nitrogens with one attached hydrogen (secondary N) is 1. The van der Waals surface area contributed by atoms with Crippen LogP contribution in [0.2, 0.25) is 0 Å². The quantitative estimate of drug-likeness (QED) is 0.328. The minimum atomic E-state index is -0.271. The highest BCUT2D eigenvalue weighted by molar-refractivity contribution is 5.95. The molecule has 1 N–H and O–H groups in total. The summed E-state index contributed by atoms with van der Waals surface area (Å²) >= 11 is 0. The van der Waals surface area contributed by atoms with E-state index >= 15 is 0 Å². The second-order valence-electron chi connectivity index (χ2n) is 11.1. The van der Waals surface area contributed by atoms with E-state index in [1.807, 2.05) is 59.5 Å². The number of fused-ring (bicyclic) bond motifs is 4. The lowest BCUT2D eigenvalue weighted by Crippen LogP contribution is -2.51. The van der Waals surface area contributed by atoms with Gasteiger partial charge in [0.25, 0.3) is 5.56 Å². The molecular formula is C32H29N9O2. The lowest BCUT2D eigenvalue weighted by molar-refractivity contribution is -0.138. The van der Waals surface area contributed by atoms with Crippen LogP contribution in [0.5, 0.6) is 0 Å². The Morgan fingerprint density at radius 2 is 1.63 bits per heavy atom. The minimum absolute atomic E-state index is 0.251. The third-order valence-corrected chi connectivity index (χ3v) is 8.58. The molecule has 8 rings (SSSR count). The van der Waals surface area contributed by atoms with Crippen LogP contribution in [0.1, 0.15) is 19.3 Å². The summed E-state index contributed by atoms with van der Waals surface area (Å²) in [7, 11) is 0. The number of nitrogens with zero attached hydrogens (tertiary/aromatic N) is 8. The Labute approximate surface area is 246 Å². The average molecular weight is 572 g/mol. The molecule has 2 fully saturated rings. The smallest absolute Gasteiger partial charge is 0.284 e. The van der Waals surface area contributed by atoms with Gasteiger partial charge in [0, 0.05) is 61.3 Å². The van der Waals surface area contributed by atoms with Crippen molar-refractivity contribution in [1.29, 1.82) is 0 Å². The van der Waals surface area contributed by atoms with Crippen molar-refractivity contribution >= 4 is 50.8 Å². The van der Waals surface area contributed by atoms with E-state index in [0.717, 1.165) is 61.3 Å². The summed E-state index contributed by atoms with van der Waals surface area (Å²) in [6, 6.07) is 21.4. The molecule has 4 aromatic heterocycles. The summed E-state index contributed by atoms with van der Waals surface area (Å²) < 4.78 is 3.31. The lowest BCUT2D eigenvalue weighted by Gasteiger charge is -2.39. The molecule has 11 nitrogen and oxygen atoms in total. The summed E-state index contributed by atoms with van der Waals surface area (Å²) in [5.74, 6) is 1.55. The lowest BCUT2D eigenvalue weighted by atomic mass is 9.84. The van der Waals surface area contributed by atoms with E-state index in [-0.39, 0.29) is 11.5 Å². The molecule has 2 aliphatic rings. The second kappa shape index (κ2) is 10.2. The average Bonchev–Trinajstić information content (AvgIpc) is 3.36. The third kappa shape index (κ3) is 4.35. The monoisotopic (exact) mass is 571 g/mol. The summed E-state index contributed by atoms with van der Waals surface area (Å²) in [5.41, 5.74) is 3.30. The van der Waals surface area contributed by atoms with Gasteiger partial charge in [-0.25, -0.2) is 19.6 Å². The van der Waals surface area contributed by atoms with Crippen molar-refractivity contribution in [2.75, 3.05) is 36.4 Å². The second-order valence-corrected chi connectivity index (χ2v) is 11.1. The first-order valence-electron chi connectivity index (χ1n) is 14.7. The van der Waals surface area contributed by atoms with Gasteiger partial charge in [-0.2, -0.15) is 9.50 Å². The van der Waals surface area contributed by atoms with Crippen molar-refractivity contribution in [1.82, 2.24) is 34.0 Å². The van der Waals surface area contributed by atoms with E-state index in [0.29, 0.717) is 34.4 Å². The molecule has 6 aromatic rings. The zero-order valence-electron chi connectivity index (χ0n) is 23.4. The number of hydrogen-bond acceptors (Lipinski definition) is 8. The van der Waals surface area contributed by atoms with E-state index in [2.05, 4.69) is 37.3 Å². The van der Waals surface area contributed by atoms with Crippen molar-refractivity contribution in [3.05, 3.63) is 89.5 Å². The predicted molar refractivity (Wildman–Crippen MR) is 165 cm³/mol. The fourth-order valence-electron chi connectivity index (χ4n) is 6.03. The molecule has 0 spiro atoms. The predicted octanol–water partition coefficient (Wildman–Crippen LogP) is 4.17. The molecule has 1 saturated heterocycles. The van der Waals surface area contributed by atoms with Crippen LogP contribution in [0.4, 0.5) is 17.3 Å². The fraction of sp³-hybridized carbons (Fsp3) is 0.250. The Bertz CT molecular complexity index is 2040. The van der Waals surface area contributed by atoms with Gasteiger partial charge in [0.1, 0.15) is 5.39 Å². The van der Waals surface area contributed by atoms with Crippen molar-refractivity contribution in [2.24, 2.45) is 5.92 Å². The van der Waals surface area contributed by atoms with Crippen molar-refractivity contribution < 1.29 is 4.79 Å². The summed E-state index contributed by atoms with van der Waals surface area (Å²) in [6.07, 6.45) is 6.48. The van der Waals surface area contributed by atoms with Gasteiger partial charge in [-0.15, -0.1) is 0 Å². The van der Waals surface area contributed by atoms with Crippen LogP contribution < -0.4 is 15.8 Å². The summed E-state index contributed by atoms with van der Waals surface area (Å²) in [5, 5.41) is 4.39. The molecule has 1 aliphatic heterocycles. The van der Waals surface area contributed by atoms with Gasteiger partial charge >= 0.3 is 0 Å². The van der Waals surface area contributed by atoms with Crippen molar-refractivity contribution in [2.45, 2.75) is 19.3 Å². The van der Waals surface area contributed by atoms with Crippen LogP contribution in [0.3, 0.4) is 0 Å².